The fourth-order valence-corrected chi connectivity index (χ4v) is 5.23. The third-order valence-electron chi connectivity index (χ3n) is 5.21. The molecule has 0 unspecified atom stereocenters. The summed E-state index contributed by atoms with van der Waals surface area (Å²) in [4.78, 5) is 41.2. The Bertz CT molecular complexity index is 942. The third-order valence-corrected chi connectivity index (χ3v) is 7.10. The Kier molecular flexibility index (Phi) is 6.26. The largest absolute Gasteiger partial charge is 0.469 e. The summed E-state index contributed by atoms with van der Waals surface area (Å²) in [7, 11) is 1.29. The monoisotopic (exact) mass is 446 g/mol. The maximum Gasteiger partial charge on any atom is 0.307 e. The van der Waals surface area contributed by atoms with Crippen LogP contribution in [0, 0.1) is 0 Å². The average molecular weight is 447 g/mol. The van der Waals surface area contributed by atoms with Gasteiger partial charge in [-0.15, -0.1) is 22.7 Å². The molecule has 8 nitrogen and oxygen atoms in total. The topological polar surface area (TPSA) is 91.3 Å². The van der Waals surface area contributed by atoms with Crippen molar-refractivity contribution in [1.29, 1.82) is 0 Å². The number of piperazine rings is 1. The Labute approximate surface area is 182 Å². The summed E-state index contributed by atoms with van der Waals surface area (Å²) in [6.45, 7) is 0.929. The van der Waals surface area contributed by atoms with Crippen LogP contribution in [0.15, 0.2) is 40.1 Å². The predicted molar refractivity (Wildman–Crippen MR) is 114 cm³/mol. The molecule has 0 aliphatic carbocycles. The van der Waals surface area contributed by atoms with Crippen molar-refractivity contribution in [1.82, 2.24) is 15.2 Å². The van der Waals surface area contributed by atoms with E-state index >= 15 is 0 Å². The minimum Gasteiger partial charge on any atom is -0.469 e. The van der Waals surface area contributed by atoms with Crippen molar-refractivity contribution < 1.29 is 19.1 Å². The quantitative estimate of drug-likeness (QED) is 0.684. The molecule has 10 heteroatoms. The van der Waals surface area contributed by atoms with Crippen LogP contribution in [0.4, 0.5) is 0 Å². The van der Waals surface area contributed by atoms with Crippen LogP contribution in [-0.2, 0) is 19.1 Å². The van der Waals surface area contributed by atoms with Crippen LogP contribution in [0.2, 0.25) is 0 Å². The van der Waals surface area contributed by atoms with Crippen molar-refractivity contribution in [3.63, 3.8) is 0 Å². The summed E-state index contributed by atoms with van der Waals surface area (Å²) in [6.07, 6.45) is 0.562. The number of nitrogens with zero attached hydrogens (tertiary/aromatic N) is 3. The lowest BCUT2D eigenvalue weighted by Gasteiger charge is -2.34. The number of ether oxygens (including phenoxy) is 1. The van der Waals surface area contributed by atoms with Gasteiger partial charge in [-0.05, 0) is 22.9 Å². The fourth-order valence-electron chi connectivity index (χ4n) is 3.69. The van der Waals surface area contributed by atoms with Gasteiger partial charge in [0.15, 0.2) is 0 Å². The van der Waals surface area contributed by atoms with Crippen LogP contribution in [0.5, 0.6) is 0 Å². The van der Waals surface area contributed by atoms with E-state index in [0.717, 1.165) is 15.5 Å². The van der Waals surface area contributed by atoms with E-state index in [1.165, 1.54) is 7.11 Å². The second kappa shape index (κ2) is 9.07. The molecule has 0 radical (unpaired) electrons. The molecule has 158 valence electrons. The second-order valence-corrected chi connectivity index (χ2v) is 8.98. The molecule has 2 aromatic rings. The first kappa shape index (κ1) is 20.7. The highest BCUT2D eigenvalue weighted by atomic mass is 32.1. The summed E-state index contributed by atoms with van der Waals surface area (Å²) in [5.41, 5.74) is 0.888. The van der Waals surface area contributed by atoms with E-state index in [1.807, 2.05) is 35.0 Å². The van der Waals surface area contributed by atoms with Crippen molar-refractivity contribution in [3.8, 4) is 0 Å². The molecule has 0 aromatic carbocycles. The van der Waals surface area contributed by atoms with Gasteiger partial charge in [0.25, 0.3) is 5.91 Å². The zero-order chi connectivity index (χ0) is 21.1. The number of nitrogens with one attached hydrogen (secondary N) is 1. The van der Waals surface area contributed by atoms with Gasteiger partial charge in [0, 0.05) is 24.4 Å². The van der Waals surface area contributed by atoms with Gasteiger partial charge in [-0.1, -0.05) is 12.1 Å². The van der Waals surface area contributed by atoms with Crippen LogP contribution in [0.1, 0.15) is 28.6 Å². The van der Waals surface area contributed by atoms with Crippen LogP contribution < -0.4 is 5.32 Å². The van der Waals surface area contributed by atoms with Gasteiger partial charge in [-0.2, -0.15) is 5.10 Å². The SMILES string of the molecule is COC(=O)C[C@@H]1C(=O)NCCN1CC(=O)N1N=C(c2cccs2)C[C@H]1c1cccs1. The van der Waals surface area contributed by atoms with Crippen LogP contribution in [-0.4, -0.2) is 66.2 Å². The first-order valence-electron chi connectivity index (χ1n) is 9.62. The lowest BCUT2D eigenvalue weighted by molar-refractivity contribution is -0.147. The summed E-state index contributed by atoms with van der Waals surface area (Å²) < 4.78 is 4.72. The molecule has 4 rings (SSSR count). The zero-order valence-electron chi connectivity index (χ0n) is 16.4. The molecule has 0 bridgehead atoms. The first-order chi connectivity index (χ1) is 14.6. The van der Waals surface area contributed by atoms with E-state index in [0.29, 0.717) is 19.5 Å². The van der Waals surface area contributed by atoms with E-state index in [-0.39, 0.29) is 30.8 Å². The zero-order valence-corrected chi connectivity index (χ0v) is 18.1. The fraction of sp³-hybridized carbons (Fsp3) is 0.400. The Morgan fingerprint density at radius 3 is 2.77 bits per heavy atom. The molecule has 1 fully saturated rings. The maximum atomic E-state index is 13.3. The number of rotatable bonds is 6. The van der Waals surface area contributed by atoms with Crippen molar-refractivity contribution in [2.75, 3.05) is 26.7 Å². The molecule has 2 aromatic heterocycles. The van der Waals surface area contributed by atoms with Crippen LogP contribution in [0.25, 0.3) is 0 Å². The number of amides is 2. The first-order valence-corrected chi connectivity index (χ1v) is 11.4. The highest BCUT2D eigenvalue weighted by Gasteiger charge is 2.38. The minimum absolute atomic E-state index is 0.0121. The normalized spacial score (nSPS) is 22.0. The standard InChI is InChI=1S/C20H22N4O4S2/c1-28-19(26)11-15-20(27)21-6-7-23(15)12-18(25)24-14(17-5-3-9-30-17)10-13(22-24)16-4-2-8-29-16/h2-5,8-9,14-15H,6-7,10-12H2,1H3,(H,21,27)/t14-,15+/m0/s1. The van der Waals surface area contributed by atoms with E-state index in [2.05, 4.69) is 10.4 Å². The van der Waals surface area contributed by atoms with Crippen molar-refractivity contribution >= 4 is 46.2 Å². The Hall–Kier alpha value is -2.56. The number of hydrogen-bond acceptors (Lipinski definition) is 8. The molecular weight excluding hydrogens is 424 g/mol. The highest BCUT2D eigenvalue weighted by molar-refractivity contribution is 7.12. The van der Waals surface area contributed by atoms with Crippen molar-refractivity contribution in [3.05, 3.63) is 44.8 Å². The number of hydrazone groups is 1. The van der Waals surface area contributed by atoms with Crippen LogP contribution >= 0.6 is 22.7 Å². The number of hydrogen-bond donors (Lipinski definition) is 1. The molecule has 30 heavy (non-hydrogen) atoms. The number of carbonyl (C=O) groups excluding carboxylic acids is 3. The summed E-state index contributed by atoms with van der Waals surface area (Å²) in [5, 5.41) is 12.9. The van der Waals surface area contributed by atoms with Crippen molar-refractivity contribution in [2.45, 2.75) is 24.9 Å². The molecule has 1 saturated heterocycles. The lowest BCUT2D eigenvalue weighted by atomic mass is 10.1. The van der Waals surface area contributed by atoms with E-state index in [4.69, 9.17) is 4.74 Å². The van der Waals surface area contributed by atoms with Crippen molar-refractivity contribution in [2.24, 2.45) is 5.10 Å². The van der Waals surface area contributed by atoms with Gasteiger partial charge in [0.2, 0.25) is 5.91 Å². The molecule has 2 aliphatic rings. The smallest absolute Gasteiger partial charge is 0.307 e. The number of thiophene rings is 2. The van der Waals surface area contributed by atoms with Gasteiger partial charge in [0.05, 0.1) is 36.7 Å². The Morgan fingerprint density at radius 1 is 1.27 bits per heavy atom. The minimum atomic E-state index is -0.723. The van der Waals surface area contributed by atoms with E-state index < -0.39 is 12.0 Å². The second-order valence-electron chi connectivity index (χ2n) is 7.06. The Balaban J connectivity index is 1.54. The lowest BCUT2D eigenvalue weighted by Crippen LogP contribution is -2.58. The molecular formula is C20H22N4O4S2. The number of methoxy groups -OCH3 is 1. The van der Waals surface area contributed by atoms with Gasteiger partial charge < -0.3 is 10.1 Å². The maximum absolute atomic E-state index is 13.3. The molecule has 2 amide bonds. The Morgan fingerprint density at radius 2 is 2.07 bits per heavy atom. The van der Waals surface area contributed by atoms with Crippen LogP contribution in [0.3, 0.4) is 0 Å². The molecule has 0 spiro atoms. The number of carbonyl (C=O) groups is 3. The molecule has 1 N–H and O–H groups in total. The van der Waals surface area contributed by atoms with Gasteiger partial charge in [-0.3, -0.25) is 19.3 Å². The average Bonchev–Trinajstić information content (AvgIpc) is 3.50. The summed E-state index contributed by atoms with van der Waals surface area (Å²) in [6, 6.07) is 7.07. The van der Waals surface area contributed by atoms with E-state index in [9.17, 15) is 14.4 Å². The number of esters is 1. The highest BCUT2D eigenvalue weighted by Crippen LogP contribution is 2.36. The molecule has 2 atom stereocenters. The molecule has 4 heterocycles. The summed E-state index contributed by atoms with van der Waals surface area (Å²) >= 11 is 3.20. The summed E-state index contributed by atoms with van der Waals surface area (Å²) in [5.74, 6) is -0.937. The van der Waals surface area contributed by atoms with Gasteiger partial charge in [-0.25, -0.2) is 5.01 Å². The molecule has 0 saturated carbocycles. The predicted octanol–water partition coefficient (Wildman–Crippen LogP) is 1.85. The van der Waals surface area contributed by atoms with E-state index in [1.54, 1.807) is 32.6 Å². The molecule has 2 aliphatic heterocycles. The van der Waals surface area contributed by atoms with Gasteiger partial charge >= 0.3 is 5.97 Å². The van der Waals surface area contributed by atoms with Gasteiger partial charge in [0.1, 0.15) is 6.04 Å². The third kappa shape index (κ3) is 4.30.